The van der Waals surface area contributed by atoms with E-state index in [1.807, 2.05) is 6.07 Å². The molecule has 19 heavy (non-hydrogen) atoms. The first kappa shape index (κ1) is 12.6. The topological polar surface area (TPSA) is 67.2 Å². The van der Waals surface area contributed by atoms with E-state index in [0.29, 0.717) is 6.04 Å². The number of nitrogens with two attached hydrogens (primary N) is 1. The van der Waals surface area contributed by atoms with Crippen LogP contribution in [-0.4, -0.2) is 24.0 Å². The van der Waals surface area contributed by atoms with Gasteiger partial charge in [-0.15, -0.1) is 0 Å². The van der Waals surface area contributed by atoms with Crippen molar-refractivity contribution in [2.24, 2.45) is 5.73 Å². The second kappa shape index (κ2) is 4.94. The molecule has 1 amide bonds. The maximum Gasteiger partial charge on any atom is 0.240 e. The van der Waals surface area contributed by atoms with Gasteiger partial charge in [-0.25, -0.2) is 0 Å². The molecule has 2 aliphatic rings. The van der Waals surface area contributed by atoms with Crippen molar-refractivity contribution < 1.29 is 4.79 Å². The van der Waals surface area contributed by atoms with Crippen molar-refractivity contribution in [2.45, 2.75) is 43.3 Å². The molecule has 0 spiro atoms. The highest BCUT2D eigenvalue weighted by Gasteiger charge is 2.46. The zero-order valence-electron chi connectivity index (χ0n) is 11.1. The van der Waals surface area contributed by atoms with Crippen LogP contribution in [0.25, 0.3) is 0 Å². The quantitative estimate of drug-likeness (QED) is 0.761. The summed E-state index contributed by atoms with van der Waals surface area (Å²) in [5.41, 5.74) is 6.66. The van der Waals surface area contributed by atoms with E-state index in [1.165, 1.54) is 5.56 Å². The fraction of sp³-hybridized carbons (Fsp3) is 0.533. The summed E-state index contributed by atoms with van der Waals surface area (Å²) in [6, 6.07) is 11.1. The summed E-state index contributed by atoms with van der Waals surface area (Å²) in [4.78, 5) is 11.9. The van der Waals surface area contributed by atoms with Crippen molar-refractivity contribution in [3.63, 3.8) is 0 Å². The van der Waals surface area contributed by atoms with Crippen molar-refractivity contribution in [3.05, 3.63) is 35.9 Å². The number of nitrogens with one attached hydrogen (secondary N) is 2. The Bertz CT molecular complexity index is 448. The number of piperidine rings is 1. The van der Waals surface area contributed by atoms with E-state index in [4.69, 9.17) is 5.73 Å². The minimum absolute atomic E-state index is 0.0254. The van der Waals surface area contributed by atoms with E-state index in [-0.39, 0.29) is 11.9 Å². The minimum Gasteiger partial charge on any atom is -0.350 e. The summed E-state index contributed by atoms with van der Waals surface area (Å²) in [7, 11) is 0. The average Bonchev–Trinajstić information content (AvgIpc) is 3.20. The molecule has 1 heterocycles. The summed E-state index contributed by atoms with van der Waals surface area (Å²) < 4.78 is 0. The Morgan fingerprint density at radius 2 is 2.00 bits per heavy atom. The number of carbonyl (C=O) groups excluding carboxylic acids is 1. The fourth-order valence-corrected chi connectivity index (χ4v) is 2.64. The van der Waals surface area contributed by atoms with Gasteiger partial charge in [-0.05, 0) is 31.2 Å². The smallest absolute Gasteiger partial charge is 0.240 e. The Kier molecular flexibility index (Phi) is 3.29. The lowest BCUT2D eigenvalue weighted by atomic mass is 9.95. The minimum atomic E-state index is -0.559. The second-order valence-electron chi connectivity index (χ2n) is 5.78. The molecule has 1 saturated heterocycles. The molecule has 4 nitrogen and oxygen atoms in total. The maximum atomic E-state index is 11.9. The van der Waals surface area contributed by atoms with E-state index in [1.54, 1.807) is 0 Å². The van der Waals surface area contributed by atoms with Crippen LogP contribution < -0.4 is 16.4 Å². The lowest BCUT2D eigenvalue weighted by Gasteiger charge is -2.31. The highest BCUT2D eigenvalue weighted by atomic mass is 16.2. The normalized spacial score (nSPS) is 28.7. The Morgan fingerprint density at radius 3 is 2.58 bits per heavy atom. The van der Waals surface area contributed by atoms with E-state index in [0.717, 1.165) is 32.2 Å². The van der Waals surface area contributed by atoms with E-state index < -0.39 is 5.54 Å². The number of amides is 1. The molecule has 2 fully saturated rings. The largest absolute Gasteiger partial charge is 0.350 e. The lowest BCUT2D eigenvalue weighted by Crippen LogP contribution is -2.52. The van der Waals surface area contributed by atoms with Crippen molar-refractivity contribution in [2.75, 3.05) is 6.54 Å². The van der Waals surface area contributed by atoms with E-state index in [9.17, 15) is 4.79 Å². The molecule has 3 rings (SSSR count). The second-order valence-corrected chi connectivity index (χ2v) is 5.78. The first-order valence-electron chi connectivity index (χ1n) is 7.05. The highest BCUT2D eigenvalue weighted by molar-refractivity contribution is 5.89. The first-order valence-corrected chi connectivity index (χ1v) is 7.05. The molecule has 0 radical (unpaired) electrons. The zero-order valence-corrected chi connectivity index (χ0v) is 11.1. The number of rotatable bonds is 3. The number of hydrogen-bond donors (Lipinski definition) is 3. The van der Waals surface area contributed by atoms with Crippen LogP contribution in [-0.2, 0) is 4.79 Å². The SMILES string of the molecule is NC1(C(=O)N[C@H]2CC[C@@H](c3ccccc3)NC2)CC1. The van der Waals surface area contributed by atoms with E-state index in [2.05, 4.69) is 34.9 Å². The Labute approximate surface area is 113 Å². The molecule has 0 aromatic heterocycles. The molecule has 4 N–H and O–H groups in total. The lowest BCUT2D eigenvalue weighted by molar-refractivity contribution is -0.124. The summed E-state index contributed by atoms with van der Waals surface area (Å²) in [5, 5.41) is 6.57. The van der Waals surface area contributed by atoms with Gasteiger partial charge in [0, 0.05) is 18.6 Å². The van der Waals surface area contributed by atoms with Crippen LogP contribution in [0.1, 0.15) is 37.3 Å². The Balaban J connectivity index is 1.51. The summed E-state index contributed by atoms with van der Waals surface area (Å²) >= 11 is 0. The molecule has 2 atom stereocenters. The predicted molar refractivity (Wildman–Crippen MR) is 74.5 cm³/mol. The van der Waals surface area contributed by atoms with Gasteiger partial charge < -0.3 is 16.4 Å². The summed E-state index contributed by atoms with van der Waals surface area (Å²) in [6.07, 6.45) is 3.71. The Hall–Kier alpha value is -1.39. The van der Waals surface area contributed by atoms with Crippen molar-refractivity contribution in [3.8, 4) is 0 Å². The molecule has 0 unspecified atom stereocenters. The van der Waals surface area contributed by atoms with Gasteiger partial charge in [0.1, 0.15) is 0 Å². The maximum absolute atomic E-state index is 11.9. The third-order valence-electron chi connectivity index (χ3n) is 4.19. The van der Waals surface area contributed by atoms with Gasteiger partial charge in [0.25, 0.3) is 0 Å². The number of benzene rings is 1. The van der Waals surface area contributed by atoms with Crippen LogP contribution in [0.3, 0.4) is 0 Å². The average molecular weight is 259 g/mol. The summed E-state index contributed by atoms with van der Waals surface area (Å²) in [5.74, 6) is 0.0254. The standard InChI is InChI=1S/C15H21N3O/c16-15(8-9-15)14(19)18-12-6-7-13(17-10-12)11-4-2-1-3-5-11/h1-5,12-13,17H,6-10,16H2,(H,18,19)/t12-,13-/m0/s1. The molecular formula is C15H21N3O. The third kappa shape index (κ3) is 2.80. The van der Waals surface area contributed by atoms with Crippen LogP contribution in [0.5, 0.6) is 0 Å². The van der Waals surface area contributed by atoms with Gasteiger partial charge in [-0.3, -0.25) is 4.79 Å². The molecule has 0 bridgehead atoms. The molecular weight excluding hydrogens is 238 g/mol. The molecule has 4 heteroatoms. The van der Waals surface area contributed by atoms with Gasteiger partial charge in [0.05, 0.1) is 5.54 Å². The van der Waals surface area contributed by atoms with Crippen LogP contribution in [0, 0.1) is 0 Å². The Morgan fingerprint density at radius 1 is 1.26 bits per heavy atom. The molecule has 1 saturated carbocycles. The molecule has 1 aromatic carbocycles. The fourth-order valence-electron chi connectivity index (χ4n) is 2.64. The summed E-state index contributed by atoms with van der Waals surface area (Å²) in [6.45, 7) is 0.821. The number of hydrogen-bond acceptors (Lipinski definition) is 3. The highest BCUT2D eigenvalue weighted by Crippen LogP contribution is 2.32. The van der Waals surface area contributed by atoms with E-state index >= 15 is 0 Å². The van der Waals surface area contributed by atoms with Crippen molar-refractivity contribution in [1.29, 1.82) is 0 Å². The van der Waals surface area contributed by atoms with Gasteiger partial charge in [-0.1, -0.05) is 30.3 Å². The van der Waals surface area contributed by atoms with Crippen LogP contribution in [0.15, 0.2) is 30.3 Å². The van der Waals surface area contributed by atoms with Gasteiger partial charge in [0.15, 0.2) is 0 Å². The van der Waals surface area contributed by atoms with Crippen LogP contribution in [0.2, 0.25) is 0 Å². The predicted octanol–water partition coefficient (Wildman–Crippen LogP) is 1.09. The molecule has 1 aliphatic carbocycles. The molecule has 1 aliphatic heterocycles. The molecule has 102 valence electrons. The number of carbonyl (C=O) groups is 1. The van der Waals surface area contributed by atoms with Crippen LogP contribution >= 0.6 is 0 Å². The van der Waals surface area contributed by atoms with Gasteiger partial charge >= 0.3 is 0 Å². The van der Waals surface area contributed by atoms with Gasteiger partial charge in [0.2, 0.25) is 5.91 Å². The van der Waals surface area contributed by atoms with Crippen LogP contribution in [0.4, 0.5) is 0 Å². The van der Waals surface area contributed by atoms with Gasteiger partial charge in [-0.2, -0.15) is 0 Å². The first-order chi connectivity index (χ1) is 9.17. The zero-order chi connectivity index (χ0) is 13.3. The molecule has 1 aromatic rings. The monoisotopic (exact) mass is 259 g/mol. The van der Waals surface area contributed by atoms with Crippen molar-refractivity contribution >= 4 is 5.91 Å². The third-order valence-corrected chi connectivity index (χ3v) is 4.19. The van der Waals surface area contributed by atoms with Crippen molar-refractivity contribution in [1.82, 2.24) is 10.6 Å².